The first-order chi connectivity index (χ1) is 8.09. The van der Waals surface area contributed by atoms with E-state index < -0.39 is 5.82 Å². The second-order valence-corrected chi connectivity index (χ2v) is 5.34. The van der Waals surface area contributed by atoms with Gasteiger partial charge in [0.2, 0.25) is 0 Å². The molecule has 0 spiro atoms. The summed E-state index contributed by atoms with van der Waals surface area (Å²) in [6, 6.07) is 2.77. The lowest BCUT2D eigenvalue weighted by Crippen LogP contribution is -2.35. The maximum atomic E-state index is 13.4. The minimum absolute atomic E-state index is 0.0141. The molecule has 0 unspecified atom stereocenters. The molecule has 0 bridgehead atoms. The zero-order valence-corrected chi connectivity index (χ0v) is 11.5. The number of rotatable bonds is 1. The highest BCUT2D eigenvalue weighted by Crippen LogP contribution is 2.27. The van der Waals surface area contributed by atoms with Crippen molar-refractivity contribution < 1.29 is 9.18 Å². The molecule has 1 fully saturated rings. The first kappa shape index (κ1) is 12.8. The van der Waals surface area contributed by atoms with Crippen molar-refractivity contribution in [1.82, 2.24) is 4.90 Å². The molecule has 1 aromatic rings. The number of halogens is 3. The van der Waals surface area contributed by atoms with Gasteiger partial charge in [-0.05, 0) is 47.3 Å². The van der Waals surface area contributed by atoms with Crippen LogP contribution in [0, 0.1) is 5.82 Å². The van der Waals surface area contributed by atoms with Crippen molar-refractivity contribution >= 4 is 33.4 Å². The summed E-state index contributed by atoms with van der Waals surface area (Å²) in [5, 5.41) is 0.0141. The summed E-state index contributed by atoms with van der Waals surface area (Å²) in [6.07, 6.45) is 3.19. The fourth-order valence-electron chi connectivity index (χ4n) is 1.96. The molecule has 0 aromatic heterocycles. The summed E-state index contributed by atoms with van der Waals surface area (Å²) in [7, 11) is 0. The minimum atomic E-state index is -0.568. The summed E-state index contributed by atoms with van der Waals surface area (Å²) < 4.78 is 13.9. The van der Waals surface area contributed by atoms with E-state index in [4.69, 9.17) is 11.6 Å². The van der Waals surface area contributed by atoms with Gasteiger partial charge in [-0.3, -0.25) is 4.79 Å². The number of likely N-dealkylation sites (tertiary alicyclic amines) is 1. The Labute approximate surface area is 113 Å². The maximum absolute atomic E-state index is 13.4. The van der Waals surface area contributed by atoms with Crippen LogP contribution in [0.2, 0.25) is 5.02 Å². The number of nitrogens with zero attached hydrogens (tertiary/aromatic N) is 1. The van der Waals surface area contributed by atoms with E-state index in [9.17, 15) is 9.18 Å². The zero-order chi connectivity index (χ0) is 12.4. The molecule has 2 rings (SSSR count). The molecule has 1 aliphatic rings. The van der Waals surface area contributed by atoms with E-state index in [1.807, 2.05) is 0 Å². The van der Waals surface area contributed by atoms with Crippen molar-refractivity contribution in [2.75, 3.05) is 13.1 Å². The normalized spacial score (nSPS) is 16.1. The van der Waals surface area contributed by atoms with Gasteiger partial charge in [0.15, 0.2) is 0 Å². The third kappa shape index (κ3) is 2.80. The number of carbonyl (C=O) groups excluding carboxylic acids is 1. The summed E-state index contributed by atoms with van der Waals surface area (Å²) in [4.78, 5) is 13.9. The molecule has 2 nitrogen and oxygen atoms in total. The largest absolute Gasteiger partial charge is 0.339 e. The lowest BCUT2D eigenvalue weighted by Gasteiger charge is -2.26. The van der Waals surface area contributed by atoms with Crippen LogP contribution in [-0.4, -0.2) is 23.9 Å². The topological polar surface area (TPSA) is 20.3 Å². The standard InChI is InChI=1S/C12H12BrClFNO/c13-9-6-8(7-10(15)11(9)14)12(17)16-4-2-1-3-5-16/h6-7H,1-5H2. The minimum Gasteiger partial charge on any atom is -0.339 e. The Morgan fingerprint density at radius 3 is 2.53 bits per heavy atom. The molecule has 0 atom stereocenters. The monoisotopic (exact) mass is 319 g/mol. The molecule has 0 radical (unpaired) electrons. The van der Waals surface area contributed by atoms with Gasteiger partial charge in [-0.15, -0.1) is 0 Å². The van der Waals surface area contributed by atoms with Crippen molar-refractivity contribution in [3.8, 4) is 0 Å². The Balaban J connectivity index is 2.24. The van der Waals surface area contributed by atoms with E-state index in [2.05, 4.69) is 15.9 Å². The number of hydrogen-bond acceptors (Lipinski definition) is 1. The number of benzene rings is 1. The molecule has 92 valence electrons. The van der Waals surface area contributed by atoms with E-state index in [1.165, 1.54) is 6.07 Å². The Bertz CT molecular complexity index is 423. The van der Waals surface area contributed by atoms with E-state index >= 15 is 0 Å². The molecule has 1 aliphatic heterocycles. The predicted octanol–water partition coefficient (Wildman–Crippen LogP) is 3.87. The smallest absolute Gasteiger partial charge is 0.253 e. The summed E-state index contributed by atoms with van der Waals surface area (Å²) in [5.41, 5.74) is 0.348. The van der Waals surface area contributed by atoms with Crippen molar-refractivity contribution in [2.24, 2.45) is 0 Å². The first-order valence-electron chi connectivity index (χ1n) is 5.53. The van der Waals surface area contributed by atoms with E-state index in [0.29, 0.717) is 10.0 Å². The summed E-state index contributed by atoms with van der Waals surface area (Å²) in [6.45, 7) is 1.50. The third-order valence-corrected chi connectivity index (χ3v) is 4.11. The van der Waals surface area contributed by atoms with E-state index in [-0.39, 0.29) is 10.9 Å². The van der Waals surface area contributed by atoms with Gasteiger partial charge in [0.05, 0.1) is 5.02 Å². The quantitative estimate of drug-likeness (QED) is 0.719. The Kier molecular flexibility index (Phi) is 4.05. The highest BCUT2D eigenvalue weighted by Gasteiger charge is 2.20. The van der Waals surface area contributed by atoms with E-state index in [1.54, 1.807) is 11.0 Å². The molecular formula is C12H12BrClFNO. The van der Waals surface area contributed by atoms with E-state index in [0.717, 1.165) is 32.4 Å². The molecule has 17 heavy (non-hydrogen) atoms. The highest BCUT2D eigenvalue weighted by atomic mass is 79.9. The van der Waals surface area contributed by atoms with Crippen LogP contribution >= 0.6 is 27.5 Å². The van der Waals surface area contributed by atoms with Gasteiger partial charge < -0.3 is 4.90 Å². The predicted molar refractivity (Wildman–Crippen MR) is 68.9 cm³/mol. The average Bonchev–Trinajstić information content (AvgIpc) is 2.35. The van der Waals surface area contributed by atoms with Gasteiger partial charge in [0.1, 0.15) is 5.82 Å². The van der Waals surface area contributed by atoms with Crippen LogP contribution in [0.4, 0.5) is 4.39 Å². The Morgan fingerprint density at radius 1 is 1.29 bits per heavy atom. The SMILES string of the molecule is O=C(c1cc(F)c(Cl)c(Br)c1)N1CCCCC1. The fraction of sp³-hybridized carbons (Fsp3) is 0.417. The fourth-order valence-corrected chi connectivity index (χ4v) is 2.50. The van der Waals surface area contributed by atoms with Gasteiger partial charge in [0.25, 0.3) is 5.91 Å². The Hall–Kier alpha value is -0.610. The maximum Gasteiger partial charge on any atom is 0.253 e. The molecule has 0 aliphatic carbocycles. The van der Waals surface area contributed by atoms with Gasteiger partial charge in [-0.2, -0.15) is 0 Å². The van der Waals surface area contributed by atoms with Crippen molar-refractivity contribution in [3.05, 3.63) is 33.0 Å². The second kappa shape index (κ2) is 5.36. The molecule has 0 N–H and O–H groups in total. The lowest BCUT2D eigenvalue weighted by atomic mass is 10.1. The van der Waals surface area contributed by atoms with Gasteiger partial charge in [0, 0.05) is 23.1 Å². The average molecular weight is 321 g/mol. The molecule has 1 amide bonds. The molecular weight excluding hydrogens is 308 g/mol. The number of carbonyl (C=O) groups is 1. The van der Waals surface area contributed by atoms with Gasteiger partial charge in [-0.1, -0.05) is 11.6 Å². The highest BCUT2D eigenvalue weighted by molar-refractivity contribution is 9.10. The van der Waals surface area contributed by atoms with Crippen molar-refractivity contribution in [1.29, 1.82) is 0 Å². The summed E-state index contributed by atoms with van der Waals surface area (Å²) >= 11 is 8.84. The number of amides is 1. The molecule has 1 saturated heterocycles. The van der Waals surface area contributed by atoms with Crippen LogP contribution in [0.5, 0.6) is 0 Å². The number of piperidine rings is 1. The molecule has 5 heteroatoms. The lowest BCUT2D eigenvalue weighted by molar-refractivity contribution is 0.0724. The van der Waals surface area contributed by atoms with Crippen LogP contribution in [0.3, 0.4) is 0 Å². The van der Waals surface area contributed by atoms with Gasteiger partial charge in [-0.25, -0.2) is 4.39 Å². The van der Waals surface area contributed by atoms with Crippen molar-refractivity contribution in [2.45, 2.75) is 19.3 Å². The van der Waals surface area contributed by atoms with Crippen LogP contribution < -0.4 is 0 Å². The first-order valence-corrected chi connectivity index (χ1v) is 6.70. The molecule has 1 heterocycles. The molecule has 0 saturated carbocycles. The number of hydrogen-bond donors (Lipinski definition) is 0. The van der Waals surface area contributed by atoms with Crippen molar-refractivity contribution in [3.63, 3.8) is 0 Å². The van der Waals surface area contributed by atoms with Crippen LogP contribution in [0.15, 0.2) is 16.6 Å². The van der Waals surface area contributed by atoms with Crippen LogP contribution in [-0.2, 0) is 0 Å². The zero-order valence-electron chi connectivity index (χ0n) is 9.18. The third-order valence-electron chi connectivity index (χ3n) is 2.87. The molecule has 1 aromatic carbocycles. The van der Waals surface area contributed by atoms with Crippen LogP contribution in [0.1, 0.15) is 29.6 Å². The van der Waals surface area contributed by atoms with Crippen LogP contribution in [0.25, 0.3) is 0 Å². The Morgan fingerprint density at radius 2 is 1.94 bits per heavy atom. The summed E-state index contributed by atoms with van der Waals surface area (Å²) in [5.74, 6) is -0.692. The van der Waals surface area contributed by atoms with Gasteiger partial charge >= 0.3 is 0 Å². The second-order valence-electron chi connectivity index (χ2n) is 4.11.